The second-order valence-corrected chi connectivity index (χ2v) is 7.48. The van der Waals surface area contributed by atoms with Gasteiger partial charge in [0.25, 0.3) is 0 Å². The molecular formula is C21H21N3O3. The van der Waals surface area contributed by atoms with E-state index in [1.54, 1.807) is 12.3 Å². The lowest BCUT2D eigenvalue weighted by molar-refractivity contribution is 0.250. The first kappa shape index (κ1) is 16.3. The third kappa shape index (κ3) is 2.59. The molecule has 3 aromatic heterocycles. The number of phenols is 1. The van der Waals surface area contributed by atoms with Gasteiger partial charge in [0.15, 0.2) is 5.58 Å². The summed E-state index contributed by atoms with van der Waals surface area (Å²) in [7, 11) is 2.15. The van der Waals surface area contributed by atoms with E-state index in [1.165, 1.54) is 6.42 Å². The van der Waals surface area contributed by atoms with Crippen molar-refractivity contribution >= 4 is 22.1 Å². The molecule has 6 nitrogen and oxygen atoms in total. The zero-order valence-electron chi connectivity index (χ0n) is 15.4. The number of piperidine rings is 1. The molecule has 0 amide bonds. The van der Waals surface area contributed by atoms with Crippen LogP contribution in [0, 0.1) is 6.92 Å². The Bertz CT molecular complexity index is 1140. The van der Waals surface area contributed by atoms with Crippen molar-refractivity contribution in [2.75, 3.05) is 20.1 Å². The number of furan rings is 2. The molecule has 1 unspecified atom stereocenters. The maximum atomic E-state index is 10.7. The fraction of sp³-hybridized carbons (Fsp3) is 0.333. The van der Waals surface area contributed by atoms with Gasteiger partial charge in [-0.15, -0.1) is 10.2 Å². The summed E-state index contributed by atoms with van der Waals surface area (Å²) in [6.45, 7) is 4.07. The minimum absolute atomic E-state index is 0.160. The smallest absolute Gasteiger partial charge is 0.156 e. The first-order chi connectivity index (χ1) is 13.1. The van der Waals surface area contributed by atoms with E-state index < -0.39 is 0 Å². The molecule has 4 heterocycles. The van der Waals surface area contributed by atoms with E-state index in [4.69, 9.17) is 8.83 Å². The Balaban J connectivity index is 1.60. The number of hydrogen-bond donors (Lipinski definition) is 1. The molecule has 0 spiro atoms. The Labute approximate surface area is 156 Å². The zero-order chi connectivity index (χ0) is 18.5. The number of nitrogens with zero attached hydrogens (tertiary/aromatic N) is 3. The number of aryl methyl sites for hydroxylation is 1. The van der Waals surface area contributed by atoms with Gasteiger partial charge in [-0.1, -0.05) is 0 Å². The quantitative estimate of drug-likeness (QED) is 0.567. The van der Waals surface area contributed by atoms with E-state index in [2.05, 4.69) is 22.1 Å². The van der Waals surface area contributed by atoms with Gasteiger partial charge in [-0.3, -0.25) is 0 Å². The summed E-state index contributed by atoms with van der Waals surface area (Å²) >= 11 is 0. The van der Waals surface area contributed by atoms with Crippen LogP contribution in [0.5, 0.6) is 5.75 Å². The average molecular weight is 363 g/mol. The normalized spacial score (nSPS) is 18.5. The van der Waals surface area contributed by atoms with Crippen LogP contribution < -0.4 is 0 Å². The first-order valence-electron chi connectivity index (χ1n) is 9.25. The van der Waals surface area contributed by atoms with E-state index in [1.807, 2.05) is 25.3 Å². The van der Waals surface area contributed by atoms with Crippen molar-refractivity contribution in [2.45, 2.75) is 25.7 Å². The number of benzene rings is 1. The number of rotatable bonds is 2. The second-order valence-electron chi connectivity index (χ2n) is 7.48. The van der Waals surface area contributed by atoms with Crippen LogP contribution in [0.1, 0.15) is 29.9 Å². The highest BCUT2D eigenvalue weighted by Gasteiger charge is 2.24. The van der Waals surface area contributed by atoms with E-state index in [0.717, 1.165) is 36.2 Å². The molecule has 4 aromatic rings. The van der Waals surface area contributed by atoms with Crippen LogP contribution in [0.2, 0.25) is 0 Å². The maximum Gasteiger partial charge on any atom is 0.156 e. The number of hydrogen-bond acceptors (Lipinski definition) is 6. The van der Waals surface area contributed by atoms with Gasteiger partial charge in [0.05, 0.1) is 17.9 Å². The lowest BCUT2D eigenvalue weighted by Gasteiger charge is -2.28. The van der Waals surface area contributed by atoms with Crippen molar-refractivity contribution < 1.29 is 13.9 Å². The summed E-state index contributed by atoms with van der Waals surface area (Å²) in [4.78, 5) is 2.34. The zero-order valence-corrected chi connectivity index (χ0v) is 15.4. The van der Waals surface area contributed by atoms with Gasteiger partial charge in [0, 0.05) is 29.7 Å². The molecule has 0 aliphatic carbocycles. The highest BCUT2D eigenvalue weighted by atomic mass is 16.3. The SMILES string of the molecule is Cc1cc2occc2c(O)c1-c1cc2occ(C3CCCN(C)C3)c2nn1. The molecule has 0 bridgehead atoms. The number of phenolic OH excluding ortho intramolecular Hbond substituents is 1. The second kappa shape index (κ2) is 6.09. The van der Waals surface area contributed by atoms with Crippen molar-refractivity contribution in [3.05, 3.63) is 41.9 Å². The van der Waals surface area contributed by atoms with Crippen molar-refractivity contribution in [1.29, 1.82) is 0 Å². The molecule has 1 aliphatic rings. The number of likely N-dealkylation sites (N-methyl/N-ethyl adjacent to an activating group) is 1. The lowest BCUT2D eigenvalue weighted by Crippen LogP contribution is -2.30. The van der Waals surface area contributed by atoms with Crippen molar-refractivity contribution in [3.63, 3.8) is 0 Å². The average Bonchev–Trinajstić information content (AvgIpc) is 3.28. The Kier molecular flexibility index (Phi) is 3.68. The molecule has 1 aliphatic heterocycles. The maximum absolute atomic E-state index is 10.7. The summed E-state index contributed by atoms with van der Waals surface area (Å²) in [5.74, 6) is 0.579. The van der Waals surface area contributed by atoms with Crippen LogP contribution in [-0.2, 0) is 0 Å². The highest BCUT2D eigenvalue weighted by Crippen LogP contribution is 2.40. The van der Waals surface area contributed by atoms with Gasteiger partial charge < -0.3 is 18.8 Å². The Hall–Kier alpha value is -2.86. The van der Waals surface area contributed by atoms with E-state index in [9.17, 15) is 5.11 Å². The number of likely N-dealkylation sites (tertiary alicyclic amines) is 1. The standard InChI is InChI=1S/C21H21N3O3/c1-12-8-17-14(5-7-26-17)21(25)19(12)16-9-18-20(23-22-16)15(11-27-18)13-4-3-6-24(2)10-13/h5,7-9,11,13,25H,3-4,6,10H2,1-2H3. The summed E-state index contributed by atoms with van der Waals surface area (Å²) in [6, 6.07) is 5.53. The Morgan fingerprint density at radius 1 is 1.19 bits per heavy atom. The van der Waals surface area contributed by atoms with Gasteiger partial charge in [-0.25, -0.2) is 0 Å². The van der Waals surface area contributed by atoms with Gasteiger partial charge in [0.1, 0.15) is 22.5 Å². The molecule has 6 heteroatoms. The van der Waals surface area contributed by atoms with Crippen LogP contribution in [-0.4, -0.2) is 40.3 Å². The first-order valence-corrected chi connectivity index (χ1v) is 9.25. The molecule has 27 heavy (non-hydrogen) atoms. The molecule has 0 radical (unpaired) electrons. The third-order valence-corrected chi connectivity index (χ3v) is 5.59. The van der Waals surface area contributed by atoms with Crippen molar-refractivity contribution in [1.82, 2.24) is 15.1 Å². The van der Waals surface area contributed by atoms with Crippen molar-refractivity contribution in [2.24, 2.45) is 0 Å². The van der Waals surface area contributed by atoms with Crippen molar-refractivity contribution in [3.8, 4) is 17.0 Å². The molecule has 138 valence electrons. The fourth-order valence-electron chi connectivity index (χ4n) is 4.22. The summed E-state index contributed by atoms with van der Waals surface area (Å²) in [5, 5.41) is 20.3. The van der Waals surface area contributed by atoms with Crippen LogP contribution >= 0.6 is 0 Å². The van der Waals surface area contributed by atoms with E-state index in [0.29, 0.717) is 33.7 Å². The number of aromatic hydroxyl groups is 1. The van der Waals surface area contributed by atoms with Gasteiger partial charge >= 0.3 is 0 Å². The Morgan fingerprint density at radius 3 is 2.93 bits per heavy atom. The molecule has 1 atom stereocenters. The van der Waals surface area contributed by atoms with E-state index >= 15 is 0 Å². The molecule has 0 saturated carbocycles. The Morgan fingerprint density at radius 2 is 2.07 bits per heavy atom. The lowest BCUT2D eigenvalue weighted by atomic mass is 9.92. The minimum atomic E-state index is 0.160. The summed E-state index contributed by atoms with van der Waals surface area (Å²) in [5.41, 5.74) is 5.45. The van der Waals surface area contributed by atoms with E-state index in [-0.39, 0.29) is 5.75 Å². The minimum Gasteiger partial charge on any atom is -0.506 e. The predicted molar refractivity (Wildman–Crippen MR) is 103 cm³/mol. The van der Waals surface area contributed by atoms with Gasteiger partial charge in [-0.05, 0) is 51.1 Å². The topological polar surface area (TPSA) is 75.5 Å². The summed E-state index contributed by atoms with van der Waals surface area (Å²) in [6.07, 6.45) is 5.71. The number of fused-ring (bicyclic) bond motifs is 2. The van der Waals surface area contributed by atoms with Crippen LogP contribution in [0.25, 0.3) is 33.3 Å². The fourth-order valence-corrected chi connectivity index (χ4v) is 4.22. The van der Waals surface area contributed by atoms with Crippen LogP contribution in [0.15, 0.2) is 39.6 Å². The van der Waals surface area contributed by atoms with Gasteiger partial charge in [-0.2, -0.15) is 0 Å². The summed E-state index contributed by atoms with van der Waals surface area (Å²) < 4.78 is 11.2. The predicted octanol–water partition coefficient (Wildman–Crippen LogP) is 4.46. The van der Waals surface area contributed by atoms with Crippen LogP contribution in [0.3, 0.4) is 0 Å². The third-order valence-electron chi connectivity index (χ3n) is 5.59. The molecule has 1 aromatic carbocycles. The molecule has 1 saturated heterocycles. The molecule has 1 fully saturated rings. The number of aromatic nitrogens is 2. The molecular weight excluding hydrogens is 342 g/mol. The molecule has 5 rings (SSSR count). The van der Waals surface area contributed by atoms with Gasteiger partial charge in [0.2, 0.25) is 0 Å². The molecule has 1 N–H and O–H groups in total. The largest absolute Gasteiger partial charge is 0.506 e. The van der Waals surface area contributed by atoms with Crippen LogP contribution in [0.4, 0.5) is 0 Å². The monoisotopic (exact) mass is 363 g/mol. The highest BCUT2D eigenvalue weighted by molar-refractivity contribution is 5.94.